The van der Waals surface area contributed by atoms with Gasteiger partial charge in [0, 0.05) is 32.1 Å². The Hall–Kier alpha value is -1.43. The summed E-state index contributed by atoms with van der Waals surface area (Å²) in [7, 11) is 0. The highest BCUT2D eigenvalue weighted by Gasteiger charge is 2.44. The number of hydrogen-bond donors (Lipinski definition) is 2. The van der Waals surface area contributed by atoms with Crippen molar-refractivity contribution in [2.75, 3.05) is 39.4 Å². The number of benzene rings is 1. The van der Waals surface area contributed by atoms with E-state index >= 15 is 0 Å². The molecule has 5 heteroatoms. The minimum atomic E-state index is -0.917. The van der Waals surface area contributed by atoms with E-state index in [4.69, 9.17) is 4.74 Å². The van der Waals surface area contributed by atoms with Crippen LogP contribution in [-0.2, 0) is 9.53 Å². The lowest BCUT2D eigenvalue weighted by Crippen LogP contribution is -2.51. The fourth-order valence-corrected chi connectivity index (χ4v) is 3.54. The Labute approximate surface area is 144 Å². The molecule has 2 fully saturated rings. The maximum Gasteiger partial charge on any atom is 0.223 e. The van der Waals surface area contributed by atoms with Crippen molar-refractivity contribution in [1.82, 2.24) is 10.2 Å². The van der Waals surface area contributed by atoms with E-state index in [0.717, 1.165) is 19.5 Å². The summed E-state index contributed by atoms with van der Waals surface area (Å²) in [5, 5.41) is 13.5. The van der Waals surface area contributed by atoms with Gasteiger partial charge in [-0.05, 0) is 37.3 Å². The summed E-state index contributed by atoms with van der Waals surface area (Å²) < 4.78 is 5.32. The normalized spacial score (nSPS) is 26.6. The summed E-state index contributed by atoms with van der Waals surface area (Å²) in [4.78, 5) is 14.6. The highest BCUT2D eigenvalue weighted by molar-refractivity contribution is 5.83. The third-order valence-electron chi connectivity index (χ3n) is 5.03. The second-order valence-corrected chi connectivity index (χ2v) is 7.41. The molecule has 0 unspecified atom stereocenters. The van der Waals surface area contributed by atoms with Crippen molar-refractivity contribution >= 4 is 5.91 Å². The summed E-state index contributed by atoms with van der Waals surface area (Å²) in [5.74, 6) is 0.436. The van der Waals surface area contributed by atoms with E-state index in [0.29, 0.717) is 32.2 Å². The number of nitrogens with zero attached hydrogens (tertiary/aromatic N) is 1. The molecule has 1 aliphatic heterocycles. The van der Waals surface area contributed by atoms with E-state index in [9.17, 15) is 9.90 Å². The molecule has 1 amide bonds. The molecule has 1 heterocycles. The minimum Gasteiger partial charge on any atom is -0.387 e. The number of rotatable bonds is 6. The topological polar surface area (TPSA) is 61.8 Å². The van der Waals surface area contributed by atoms with Crippen LogP contribution in [-0.4, -0.2) is 60.9 Å². The fourth-order valence-electron chi connectivity index (χ4n) is 3.54. The Balaban J connectivity index is 1.46. The van der Waals surface area contributed by atoms with Crippen LogP contribution in [0.15, 0.2) is 24.3 Å². The Bertz CT molecular complexity index is 582. The van der Waals surface area contributed by atoms with Crippen molar-refractivity contribution in [2.24, 2.45) is 5.92 Å². The summed E-state index contributed by atoms with van der Waals surface area (Å²) in [6.07, 6.45) is 0.905. The predicted molar refractivity (Wildman–Crippen MR) is 92.9 cm³/mol. The van der Waals surface area contributed by atoms with Gasteiger partial charge in [0.2, 0.25) is 5.91 Å². The van der Waals surface area contributed by atoms with Gasteiger partial charge in [-0.2, -0.15) is 0 Å². The molecule has 0 radical (unpaired) electrons. The van der Waals surface area contributed by atoms with E-state index in [1.165, 1.54) is 11.1 Å². The molecule has 1 aliphatic carbocycles. The molecule has 1 aromatic rings. The van der Waals surface area contributed by atoms with Crippen LogP contribution in [0, 0.1) is 12.8 Å². The Morgan fingerprint density at radius 1 is 1.38 bits per heavy atom. The number of ether oxygens (including phenoxy) is 1. The molecule has 24 heavy (non-hydrogen) atoms. The maximum atomic E-state index is 12.4. The van der Waals surface area contributed by atoms with Crippen molar-refractivity contribution in [2.45, 2.75) is 31.8 Å². The first-order valence-electron chi connectivity index (χ1n) is 8.82. The molecule has 5 nitrogen and oxygen atoms in total. The summed E-state index contributed by atoms with van der Waals surface area (Å²) >= 11 is 0. The second kappa shape index (κ2) is 7.21. The highest BCUT2D eigenvalue weighted by Crippen LogP contribution is 2.48. The Morgan fingerprint density at radius 3 is 2.79 bits per heavy atom. The van der Waals surface area contributed by atoms with Crippen molar-refractivity contribution in [3.8, 4) is 0 Å². The molecule has 132 valence electrons. The molecule has 3 rings (SSSR count). The molecule has 1 saturated carbocycles. The van der Waals surface area contributed by atoms with Crippen LogP contribution in [0.25, 0.3) is 0 Å². The average molecular weight is 332 g/mol. The molecule has 0 spiro atoms. The van der Waals surface area contributed by atoms with Crippen LogP contribution in [0.4, 0.5) is 0 Å². The predicted octanol–water partition coefficient (Wildman–Crippen LogP) is 1.30. The number of morpholine rings is 1. The maximum absolute atomic E-state index is 12.4. The van der Waals surface area contributed by atoms with Crippen LogP contribution in [0.2, 0.25) is 0 Å². The Kier molecular flexibility index (Phi) is 5.23. The third-order valence-corrected chi connectivity index (χ3v) is 5.03. The molecule has 2 N–H and O–H groups in total. The van der Waals surface area contributed by atoms with Crippen molar-refractivity contribution < 1.29 is 14.6 Å². The van der Waals surface area contributed by atoms with Crippen LogP contribution in [0.1, 0.15) is 30.4 Å². The van der Waals surface area contributed by atoms with Gasteiger partial charge < -0.3 is 15.2 Å². The summed E-state index contributed by atoms with van der Waals surface area (Å²) in [6, 6.07) is 8.26. The van der Waals surface area contributed by atoms with Gasteiger partial charge in [0.1, 0.15) is 0 Å². The van der Waals surface area contributed by atoms with Crippen molar-refractivity contribution in [3.63, 3.8) is 0 Å². The average Bonchev–Trinajstić information content (AvgIpc) is 3.34. The number of carbonyl (C=O) groups is 1. The van der Waals surface area contributed by atoms with E-state index in [1.54, 1.807) is 6.92 Å². The first kappa shape index (κ1) is 17.4. The lowest BCUT2D eigenvalue weighted by atomic mass is 10.0. The van der Waals surface area contributed by atoms with E-state index in [-0.39, 0.29) is 11.8 Å². The van der Waals surface area contributed by atoms with E-state index in [1.807, 2.05) is 12.1 Å². The largest absolute Gasteiger partial charge is 0.387 e. The number of amides is 1. The lowest BCUT2D eigenvalue weighted by Gasteiger charge is -2.33. The molecule has 0 bridgehead atoms. The van der Waals surface area contributed by atoms with Gasteiger partial charge in [-0.25, -0.2) is 0 Å². The quantitative estimate of drug-likeness (QED) is 0.824. The number of aryl methyl sites for hydroxylation is 1. The van der Waals surface area contributed by atoms with E-state index in [2.05, 4.69) is 29.3 Å². The van der Waals surface area contributed by atoms with Gasteiger partial charge in [-0.1, -0.05) is 24.3 Å². The highest BCUT2D eigenvalue weighted by atomic mass is 16.5. The molecule has 0 aromatic heterocycles. The monoisotopic (exact) mass is 332 g/mol. The zero-order valence-corrected chi connectivity index (χ0v) is 14.6. The third kappa shape index (κ3) is 4.35. The smallest absolute Gasteiger partial charge is 0.223 e. The molecule has 1 aromatic carbocycles. The first-order chi connectivity index (χ1) is 11.5. The van der Waals surface area contributed by atoms with Gasteiger partial charge >= 0.3 is 0 Å². The first-order valence-corrected chi connectivity index (χ1v) is 8.82. The molecule has 3 atom stereocenters. The van der Waals surface area contributed by atoms with Crippen molar-refractivity contribution in [3.05, 3.63) is 35.4 Å². The molecular weight excluding hydrogens is 304 g/mol. The number of aliphatic hydroxyl groups is 1. The number of carbonyl (C=O) groups excluding carboxylic acids is 1. The molecule has 1 saturated heterocycles. The second-order valence-electron chi connectivity index (χ2n) is 7.41. The summed E-state index contributed by atoms with van der Waals surface area (Å²) in [5.41, 5.74) is 1.61. The molecule has 2 aliphatic rings. The van der Waals surface area contributed by atoms with Gasteiger partial charge in [-0.3, -0.25) is 9.69 Å². The van der Waals surface area contributed by atoms with Gasteiger partial charge in [-0.15, -0.1) is 0 Å². The van der Waals surface area contributed by atoms with E-state index < -0.39 is 5.60 Å². The van der Waals surface area contributed by atoms with Crippen LogP contribution < -0.4 is 5.32 Å². The summed E-state index contributed by atoms with van der Waals surface area (Å²) in [6.45, 7) is 7.82. The number of β-amino-alcohol motifs (C(OH)–C–C–N with tert-alkyl or cyclic N) is 1. The minimum absolute atomic E-state index is 0.0466. The van der Waals surface area contributed by atoms with Gasteiger partial charge in [0.05, 0.1) is 18.8 Å². The molecular formula is C19H28N2O3. The number of hydrogen-bond acceptors (Lipinski definition) is 4. The SMILES string of the molecule is Cc1ccccc1[C@@H]1C[C@H]1C(=O)NC[C@](C)(O)CN1CCOCC1. The lowest BCUT2D eigenvalue weighted by molar-refractivity contribution is -0.123. The van der Waals surface area contributed by atoms with Crippen LogP contribution in [0.3, 0.4) is 0 Å². The van der Waals surface area contributed by atoms with Gasteiger partial charge in [0.25, 0.3) is 0 Å². The standard InChI is InChI=1S/C19H28N2O3/c1-14-5-3-4-6-15(14)16-11-17(16)18(22)20-12-19(2,23)13-21-7-9-24-10-8-21/h3-6,16-17,23H,7-13H2,1-2H3,(H,20,22)/t16-,17+,19-/m0/s1. The Morgan fingerprint density at radius 2 is 2.08 bits per heavy atom. The fraction of sp³-hybridized carbons (Fsp3) is 0.632. The van der Waals surface area contributed by atoms with Crippen LogP contribution in [0.5, 0.6) is 0 Å². The zero-order chi connectivity index (χ0) is 17.2. The number of nitrogens with one attached hydrogen (secondary N) is 1. The zero-order valence-electron chi connectivity index (χ0n) is 14.6. The van der Waals surface area contributed by atoms with Crippen LogP contribution >= 0.6 is 0 Å². The van der Waals surface area contributed by atoms with Crippen molar-refractivity contribution in [1.29, 1.82) is 0 Å². The van der Waals surface area contributed by atoms with Gasteiger partial charge in [0.15, 0.2) is 0 Å².